The molecule has 0 saturated heterocycles. The fraction of sp³-hybridized carbons (Fsp3) is 0.273. The van der Waals surface area contributed by atoms with Gasteiger partial charge in [-0.25, -0.2) is 0 Å². The van der Waals surface area contributed by atoms with Crippen LogP contribution in [-0.4, -0.2) is 42.7 Å². The molecule has 146 valence electrons. The minimum absolute atomic E-state index is 0.201. The Balaban J connectivity index is 1.72. The summed E-state index contributed by atoms with van der Waals surface area (Å²) in [6.07, 6.45) is 0. The van der Waals surface area contributed by atoms with Crippen molar-refractivity contribution in [1.29, 1.82) is 0 Å². The molecule has 1 aliphatic heterocycles. The third-order valence-corrected chi connectivity index (χ3v) is 5.35. The maximum absolute atomic E-state index is 13.0. The highest BCUT2D eigenvalue weighted by Crippen LogP contribution is 2.35. The molecule has 0 N–H and O–H groups in total. The summed E-state index contributed by atoms with van der Waals surface area (Å²) < 4.78 is 10.8. The lowest BCUT2D eigenvalue weighted by Gasteiger charge is -2.16. The monoisotopic (exact) mass is 397 g/mol. The van der Waals surface area contributed by atoms with Crippen LogP contribution >= 0.6 is 11.8 Å². The molecule has 2 aromatic rings. The smallest absolute Gasteiger partial charge is 0.268 e. The van der Waals surface area contributed by atoms with Crippen LogP contribution in [0.4, 0.5) is 0 Å². The van der Waals surface area contributed by atoms with Gasteiger partial charge in [0.25, 0.3) is 11.8 Å². The first-order chi connectivity index (χ1) is 13.5. The summed E-state index contributed by atoms with van der Waals surface area (Å²) in [6.45, 7) is 4.39. The van der Waals surface area contributed by atoms with Gasteiger partial charge in [0.15, 0.2) is 0 Å². The van der Waals surface area contributed by atoms with E-state index < -0.39 is 0 Å². The molecule has 5 nitrogen and oxygen atoms in total. The molecule has 0 fully saturated rings. The lowest BCUT2D eigenvalue weighted by atomic mass is 10.0. The van der Waals surface area contributed by atoms with Crippen molar-refractivity contribution in [1.82, 2.24) is 4.90 Å². The number of hydrogen-bond acceptors (Lipinski definition) is 5. The number of nitrogens with zero attached hydrogens (tertiary/aromatic N) is 1. The summed E-state index contributed by atoms with van der Waals surface area (Å²) in [4.78, 5) is 27.6. The fourth-order valence-corrected chi connectivity index (χ4v) is 3.81. The van der Waals surface area contributed by atoms with Gasteiger partial charge in [0.05, 0.1) is 24.1 Å². The SMILES string of the molecule is CCSC1=C(c2ccc(C)cc2)C(=O)N(CCOc2ccc(OC)cc2)C1=O. The number of benzene rings is 2. The molecule has 1 heterocycles. The molecule has 6 heteroatoms. The molecule has 0 aromatic heterocycles. The highest BCUT2D eigenvalue weighted by molar-refractivity contribution is 8.04. The van der Waals surface area contributed by atoms with E-state index in [0.717, 1.165) is 22.6 Å². The highest BCUT2D eigenvalue weighted by atomic mass is 32.2. The summed E-state index contributed by atoms with van der Waals surface area (Å²) in [6, 6.07) is 14.9. The van der Waals surface area contributed by atoms with Crippen LogP contribution < -0.4 is 9.47 Å². The second-order valence-corrected chi connectivity index (χ2v) is 7.56. The van der Waals surface area contributed by atoms with Crippen molar-refractivity contribution in [3.8, 4) is 11.5 Å². The number of amides is 2. The van der Waals surface area contributed by atoms with E-state index in [-0.39, 0.29) is 25.0 Å². The lowest BCUT2D eigenvalue weighted by Crippen LogP contribution is -2.35. The molecule has 0 aliphatic carbocycles. The van der Waals surface area contributed by atoms with E-state index >= 15 is 0 Å². The van der Waals surface area contributed by atoms with Crippen LogP contribution in [0.15, 0.2) is 53.4 Å². The molecule has 2 aromatic carbocycles. The van der Waals surface area contributed by atoms with Gasteiger partial charge in [0.2, 0.25) is 0 Å². The minimum Gasteiger partial charge on any atom is -0.497 e. The summed E-state index contributed by atoms with van der Waals surface area (Å²) in [5.41, 5.74) is 2.37. The second kappa shape index (κ2) is 8.97. The largest absolute Gasteiger partial charge is 0.497 e. The molecule has 0 saturated carbocycles. The van der Waals surface area contributed by atoms with E-state index in [1.165, 1.54) is 16.7 Å². The molecular weight excluding hydrogens is 374 g/mol. The number of methoxy groups -OCH3 is 1. The first-order valence-corrected chi connectivity index (χ1v) is 10.1. The van der Waals surface area contributed by atoms with Gasteiger partial charge in [-0.05, 0) is 42.5 Å². The average molecular weight is 397 g/mol. The van der Waals surface area contributed by atoms with Gasteiger partial charge in [-0.3, -0.25) is 14.5 Å². The third kappa shape index (κ3) is 4.22. The number of carbonyl (C=O) groups is 2. The molecule has 2 amide bonds. The topological polar surface area (TPSA) is 55.8 Å². The van der Waals surface area contributed by atoms with Gasteiger partial charge in [-0.1, -0.05) is 36.8 Å². The number of carbonyl (C=O) groups excluding carboxylic acids is 2. The average Bonchev–Trinajstić information content (AvgIpc) is 2.94. The third-order valence-electron chi connectivity index (χ3n) is 4.40. The highest BCUT2D eigenvalue weighted by Gasteiger charge is 2.38. The standard InChI is InChI=1S/C22H23NO4S/c1-4-28-20-19(16-7-5-15(2)6-8-16)21(24)23(22(20)25)13-14-27-18-11-9-17(26-3)10-12-18/h5-12H,4,13-14H2,1-3H3. The molecular formula is C22H23NO4S. The van der Waals surface area contributed by atoms with Crippen LogP contribution in [0.5, 0.6) is 11.5 Å². The second-order valence-electron chi connectivity index (χ2n) is 6.29. The Labute approximate surface area is 169 Å². The normalized spacial score (nSPS) is 14.0. The van der Waals surface area contributed by atoms with Crippen LogP contribution in [0.1, 0.15) is 18.1 Å². The molecule has 1 aliphatic rings. The van der Waals surface area contributed by atoms with E-state index in [0.29, 0.717) is 16.2 Å². The van der Waals surface area contributed by atoms with Crippen molar-refractivity contribution in [2.24, 2.45) is 0 Å². The van der Waals surface area contributed by atoms with Crippen LogP contribution in [-0.2, 0) is 9.59 Å². The minimum atomic E-state index is -0.261. The van der Waals surface area contributed by atoms with Gasteiger partial charge in [0.1, 0.15) is 18.1 Å². The number of thioether (sulfide) groups is 1. The van der Waals surface area contributed by atoms with E-state index in [4.69, 9.17) is 9.47 Å². The van der Waals surface area contributed by atoms with Gasteiger partial charge in [-0.15, -0.1) is 11.8 Å². The van der Waals surface area contributed by atoms with Crippen molar-refractivity contribution >= 4 is 29.1 Å². The molecule has 0 bridgehead atoms. The van der Waals surface area contributed by atoms with E-state index in [9.17, 15) is 9.59 Å². The number of ether oxygens (including phenoxy) is 2. The first kappa shape index (κ1) is 20.0. The zero-order valence-corrected chi connectivity index (χ0v) is 17.0. The van der Waals surface area contributed by atoms with Crippen molar-refractivity contribution in [2.75, 3.05) is 26.0 Å². The predicted octanol–water partition coefficient (Wildman–Crippen LogP) is 3.92. The summed E-state index contributed by atoms with van der Waals surface area (Å²) in [5.74, 6) is 1.62. The van der Waals surface area contributed by atoms with Crippen molar-refractivity contribution < 1.29 is 19.1 Å². The molecule has 0 atom stereocenters. The fourth-order valence-electron chi connectivity index (χ4n) is 2.94. The first-order valence-electron chi connectivity index (χ1n) is 9.12. The summed E-state index contributed by atoms with van der Waals surface area (Å²) >= 11 is 1.41. The Kier molecular flexibility index (Phi) is 6.41. The van der Waals surface area contributed by atoms with E-state index in [1.807, 2.05) is 38.1 Å². The molecule has 3 rings (SSSR count). The number of aryl methyl sites for hydroxylation is 1. The maximum Gasteiger partial charge on any atom is 0.268 e. The number of rotatable bonds is 8. The maximum atomic E-state index is 13.0. The van der Waals surface area contributed by atoms with Gasteiger partial charge in [-0.2, -0.15) is 0 Å². The zero-order chi connectivity index (χ0) is 20.1. The van der Waals surface area contributed by atoms with Crippen LogP contribution in [0, 0.1) is 6.92 Å². The zero-order valence-electron chi connectivity index (χ0n) is 16.2. The quantitative estimate of drug-likeness (QED) is 0.632. The number of hydrogen-bond donors (Lipinski definition) is 0. The molecule has 28 heavy (non-hydrogen) atoms. The Morgan fingerprint density at radius 3 is 2.18 bits per heavy atom. The summed E-state index contributed by atoms with van der Waals surface area (Å²) in [5, 5.41) is 0. The molecule has 0 radical (unpaired) electrons. The van der Waals surface area contributed by atoms with E-state index in [1.54, 1.807) is 31.4 Å². The van der Waals surface area contributed by atoms with Crippen molar-refractivity contribution in [3.05, 3.63) is 64.6 Å². The van der Waals surface area contributed by atoms with Crippen molar-refractivity contribution in [3.63, 3.8) is 0 Å². The molecule has 0 unspecified atom stereocenters. The van der Waals surface area contributed by atoms with Crippen LogP contribution in [0.3, 0.4) is 0 Å². The predicted molar refractivity (Wildman–Crippen MR) is 111 cm³/mol. The van der Waals surface area contributed by atoms with Crippen LogP contribution in [0.25, 0.3) is 5.57 Å². The van der Waals surface area contributed by atoms with E-state index in [2.05, 4.69) is 0 Å². The van der Waals surface area contributed by atoms with Crippen molar-refractivity contribution in [2.45, 2.75) is 13.8 Å². The summed E-state index contributed by atoms with van der Waals surface area (Å²) in [7, 11) is 1.60. The Morgan fingerprint density at radius 2 is 1.57 bits per heavy atom. The number of imide groups is 1. The lowest BCUT2D eigenvalue weighted by molar-refractivity contribution is -0.136. The van der Waals surface area contributed by atoms with Crippen LogP contribution in [0.2, 0.25) is 0 Å². The van der Waals surface area contributed by atoms with Gasteiger partial charge >= 0.3 is 0 Å². The van der Waals surface area contributed by atoms with Gasteiger partial charge < -0.3 is 9.47 Å². The Bertz CT molecular complexity index is 888. The van der Waals surface area contributed by atoms with Gasteiger partial charge in [0, 0.05) is 0 Å². The Morgan fingerprint density at radius 1 is 0.929 bits per heavy atom. The molecule has 0 spiro atoms. The Hall–Kier alpha value is -2.73.